The monoisotopic (exact) mass is 234 g/mol. The van der Waals surface area contributed by atoms with E-state index >= 15 is 0 Å². The molecule has 0 radical (unpaired) electrons. The Morgan fingerprint density at radius 3 is 1.88 bits per heavy atom. The molecule has 0 aliphatic carbocycles. The average molecular weight is 234 g/mol. The molecule has 0 saturated carbocycles. The van der Waals surface area contributed by atoms with E-state index in [0.717, 1.165) is 45.7 Å². The van der Waals surface area contributed by atoms with Crippen molar-refractivity contribution in [1.82, 2.24) is 10.2 Å². The fourth-order valence-electron chi connectivity index (χ4n) is 1.01. The number of nitrogens with one attached hydrogen (secondary N) is 1. The maximum absolute atomic E-state index is 5.42. The van der Waals surface area contributed by atoms with Crippen molar-refractivity contribution in [2.45, 2.75) is 34.1 Å². The molecule has 0 bridgehead atoms. The van der Waals surface area contributed by atoms with Crippen LogP contribution < -0.4 is 16.8 Å². The van der Waals surface area contributed by atoms with Crippen LogP contribution in [0.1, 0.15) is 34.1 Å². The SMILES string of the molecule is CC.CCN.CCN(CCCN)CCNC. The normalized spacial score (nSPS) is 9.00. The van der Waals surface area contributed by atoms with Crippen molar-refractivity contribution in [3.8, 4) is 0 Å². The molecular weight excluding hydrogens is 200 g/mol. The summed E-state index contributed by atoms with van der Waals surface area (Å²) in [6.45, 7) is 14.1. The molecule has 0 amide bonds. The molecule has 0 fully saturated rings. The van der Waals surface area contributed by atoms with Crippen molar-refractivity contribution in [2.75, 3.05) is 46.3 Å². The van der Waals surface area contributed by atoms with E-state index in [1.807, 2.05) is 27.8 Å². The van der Waals surface area contributed by atoms with Gasteiger partial charge in [-0.15, -0.1) is 0 Å². The van der Waals surface area contributed by atoms with Crippen molar-refractivity contribution in [1.29, 1.82) is 0 Å². The van der Waals surface area contributed by atoms with E-state index in [1.165, 1.54) is 0 Å². The molecule has 0 heterocycles. The molecule has 0 spiro atoms. The van der Waals surface area contributed by atoms with Crippen molar-refractivity contribution < 1.29 is 0 Å². The number of nitrogens with two attached hydrogens (primary N) is 2. The highest BCUT2D eigenvalue weighted by molar-refractivity contribution is 4.56. The van der Waals surface area contributed by atoms with Gasteiger partial charge in [0.1, 0.15) is 0 Å². The largest absolute Gasteiger partial charge is 0.331 e. The molecule has 4 nitrogen and oxygen atoms in total. The van der Waals surface area contributed by atoms with Crippen molar-refractivity contribution in [3.63, 3.8) is 0 Å². The Kier molecular flexibility index (Phi) is 32.0. The van der Waals surface area contributed by atoms with Crippen LogP contribution in [0.25, 0.3) is 0 Å². The van der Waals surface area contributed by atoms with Gasteiger partial charge in [0.2, 0.25) is 0 Å². The van der Waals surface area contributed by atoms with Gasteiger partial charge in [-0.05, 0) is 39.6 Å². The topological polar surface area (TPSA) is 67.3 Å². The minimum Gasteiger partial charge on any atom is -0.331 e. The van der Waals surface area contributed by atoms with Crippen LogP contribution in [0.4, 0.5) is 0 Å². The van der Waals surface area contributed by atoms with Crippen LogP contribution in [0.3, 0.4) is 0 Å². The molecule has 5 N–H and O–H groups in total. The fraction of sp³-hybridized carbons (Fsp3) is 1.00. The van der Waals surface area contributed by atoms with Gasteiger partial charge in [0.15, 0.2) is 0 Å². The lowest BCUT2D eigenvalue weighted by Gasteiger charge is -2.19. The maximum Gasteiger partial charge on any atom is 0.0107 e. The number of nitrogens with zero attached hydrogens (tertiary/aromatic N) is 1. The highest BCUT2D eigenvalue weighted by Gasteiger charge is 1.98. The summed E-state index contributed by atoms with van der Waals surface area (Å²) >= 11 is 0. The Bertz CT molecular complexity index is 81.1. The lowest BCUT2D eigenvalue weighted by Crippen LogP contribution is -2.32. The Morgan fingerprint density at radius 1 is 1.06 bits per heavy atom. The molecule has 0 aliphatic rings. The van der Waals surface area contributed by atoms with E-state index in [9.17, 15) is 0 Å². The zero-order valence-corrected chi connectivity index (χ0v) is 12.1. The van der Waals surface area contributed by atoms with Crippen LogP contribution in [0.2, 0.25) is 0 Å². The fourth-order valence-corrected chi connectivity index (χ4v) is 1.01. The maximum atomic E-state index is 5.42. The molecule has 16 heavy (non-hydrogen) atoms. The minimum absolute atomic E-state index is 0.750. The third-order valence-corrected chi connectivity index (χ3v) is 1.80. The smallest absolute Gasteiger partial charge is 0.0107 e. The summed E-state index contributed by atoms with van der Waals surface area (Å²) < 4.78 is 0. The second-order valence-corrected chi connectivity index (χ2v) is 3.09. The third-order valence-electron chi connectivity index (χ3n) is 1.80. The number of rotatable bonds is 7. The van der Waals surface area contributed by atoms with Gasteiger partial charge in [-0.2, -0.15) is 0 Å². The third kappa shape index (κ3) is 23.6. The highest BCUT2D eigenvalue weighted by Crippen LogP contribution is 1.88. The van der Waals surface area contributed by atoms with Crippen LogP contribution >= 0.6 is 0 Å². The van der Waals surface area contributed by atoms with Crippen LogP contribution in [0.5, 0.6) is 0 Å². The first-order valence-electron chi connectivity index (χ1n) is 6.53. The van der Waals surface area contributed by atoms with Gasteiger partial charge in [0.05, 0.1) is 0 Å². The Morgan fingerprint density at radius 2 is 1.56 bits per heavy atom. The average Bonchev–Trinajstić information content (AvgIpc) is 2.33. The second kappa shape index (κ2) is 24.2. The summed E-state index contributed by atoms with van der Waals surface area (Å²) in [6.07, 6.45) is 1.11. The summed E-state index contributed by atoms with van der Waals surface area (Å²) in [5.41, 5.74) is 10.3. The molecule has 4 heteroatoms. The van der Waals surface area contributed by atoms with E-state index in [0.29, 0.717) is 0 Å². The van der Waals surface area contributed by atoms with Gasteiger partial charge in [0.25, 0.3) is 0 Å². The molecule has 0 atom stereocenters. The van der Waals surface area contributed by atoms with Crippen LogP contribution in [-0.4, -0.2) is 51.2 Å². The summed E-state index contributed by atoms with van der Waals surface area (Å²) in [5.74, 6) is 0. The van der Waals surface area contributed by atoms with Crippen molar-refractivity contribution >= 4 is 0 Å². The standard InChI is InChI=1S/C8H21N3.C2H7N.C2H6/c1-3-11(7-4-5-9)8-6-10-2;1-2-3;1-2/h10H,3-9H2,1-2H3;2-3H2,1H3;1-2H3. The first kappa shape index (κ1) is 21.2. The van der Waals surface area contributed by atoms with Crippen LogP contribution in [0.15, 0.2) is 0 Å². The van der Waals surface area contributed by atoms with Gasteiger partial charge in [-0.1, -0.05) is 27.7 Å². The molecule has 0 saturated heterocycles. The number of hydrogen-bond acceptors (Lipinski definition) is 4. The molecule has 0 aromatic carbocycles. The van der Waals surface area contributed by atoms with Gasteiger partial charge >= 0.3 is 0 Å². The number of hydrogen-bond donors (Lipinski definition) is 3. The quantitative estimate of drug-likeness (QED) is 0.611. The van der Waals surface area contributed by atoms with E-state index in [1.54, 1.807) is 0 Å². The first-order chi connectivity index (χ1) is 7.76. The molecule has 102 valence electrons. The first-order valence-corrected chi connectivity index (χ1v) is 6.53. The van der Waals surface area contributed by atoms with Crippen LogP contribution in [0, 0.1) is 0 Å². The summed E-state index contributed by atoms with van der Waals surface area (Å²) in [7, 11) is 1.98. The molecular formula is C12H34N4. The van der Waals surface area contributed by atoms with Gasteiger partial charge in [-0.25, -0.2) is 0 Å². The summed E-state index contributed by atoms with van der Waals surface area (Å²) in [4.78, 5) is 2.41. The molecule has 0 rings (SSSR count). The highest BCUT2D eigenvalue weighted by atomic mass is 15.1. The lowest BCUT2D eigenvalue weighted by atomic mass is 10.3. The minimum atomic E-state index is 0.750. The predicted molar refractivity (Wildman–Crippen MR) is 75.8 cm³/mol. The van der Waals surface area contributed by atoms with Crippen LogP contribution in [-0.2, 0) is 0 Å². The van der Waals surface area contributed by atoms with E-state index in [2.05, 4.69) is 17.1 Å². The van der Waals surface area contributed by atoms with E-state index in [-0.39, 0.29) is 0 Å². The zero-order chi connectivity index (χ0) is 13.2. The molecule has 0 unspecified atom stereocenters. The van der Waals surface area contributed by atoms with E-state index < -0.39 is 0 Å². The van der Waals surface area contributed by atoms with E-state index in [4.69, 9.17) is 11.5 Å². The van der Waals surface area contributed by atoms with Crippen molar-refractivity contribution in [3.05, 3.63) is 0 Å². The second-order valence-electron chi connectivity index (χ2n) is 3.09. The zero-order valence-electron chi connectivity index (χ0n) is 12.1. The molecule has 0 aromatic rings. The summed E-state index contributed by atoms with van der Waals surface area (Å²) in [6, 6.07) is 0. The number of likely N-dealkylation sites (N-methyl/N-ethyl adjacent to an activating group) is 2. The Labute approximate surface area is 103 Å². The Balaban J connectivity index is -0.000000289. The molecule has 0 aromatic heterocycles. The molecule has 0 aliphatic heterocycles. The van der Waals surface area contributed by atoms with Gasteiger partial charge < -0.3 is 21.7 Å². The van der Waals surface area contributed by atoms with Gasteiger partial charge in [-0.3, -0.25) is 0 Å². The lowest BCUT2D eigenvalue weighted by molar-refractivity contribution is 0.288. The van der Waals surface area contributed by atoms with Crippen molar-refractivity contribution in [2.24, 2.45) is 11.5 Å². The Hall–Kier alpha value is -0.160. The predicted octanol–water partition coefficient (Wildman–Crippen LogP) is 0.868. The van der Waals surface area contributed by atoms with Gasteiger partial charge in [0, 0.05) is 13.1 Å². The summed E-state index contributed by atoms with van der Waals surface area (Å²) in [5, 5.41) is 3.14.